The van der Waals surface area contributed by atoms with Crippen molar-refractivity contribution >= 4 is 35.3 Å². The van der Waals surface area contributed by atoms with E-state index in [9.17, 15) is 4.79 Å². The smallest absolute Gasteiger partial charge is 0.236 e. The molecule has 1 aliphatic rings. The number of nitrogens with zero attached hydrogens (tertiary/aromatic N) is 5. The van der Waals surface area contributed by atoms with Gasteiger partial charge in [-0.15, -0.1) is 11.8 Å². The van der Waals surface area contributed by atoms with Crippen molar-refractivity contribution in [2.75, 3.05) is 41.9 Å². The summed E-state index contributed by atoms with van der Waals surface area (Å²) in [6.07, 6.45) is 2.04. The molecule has 0 radical (unpaired) electrons. The number of benzene rings is 1. The van der Waals surface area contributed by atoms with Crippen LogP contribution in [0.4, 0.5) is 17.6 Å². The van der Waals surface area contributed by atoms with Crippen molar-refractivity contribution in [2.24, 2.45) is 0 Å². The predicted molar refractivity (Wildman–Crippen MR) is 102 cm³/mol. The van der Waals surface area contributed by atoms with Crippen LogP contribution in [0.3, 0.4) is 0 Å². The van der Waals surface area contributed by atoms with Gasteiger partial charge in [-0.1, -0.05) is 18.2 Å². The number of amides is 1. The molecule has 8 heteroatoms. The molecule has 2 N–H and O–H groups in total. The Labute approximate surface area is 151 Å². The number of thioether (sulfide) groups is 1. The summed E-state index contributed by atoms with van der Waals surface area (Å²) in [6, 6.07) is 8.12. The van der Waals surface area contributed by atoms with Crippen molar-refractivity contribution in [1.82, 2.24) is 15.0 Å². The lowest BCUT2D eigenvalue weighted by Crippen LogP contribution is -2.36. The maximum atomic E-state index is 12.6. The molecule has 0 aliphatic carbocycles. The highest BCUT2D eigenvalue weighted by Gasteiger charge is 2.21. The molecule has 7 nitrogen and oxygen atoms in total. The van der Waals surface area contributed by atoms with Gasteiger partial charge in [0.05, 0.1) is 11.5 Å². The molecule has 2 heterocycles. The normalized spacial score (nSPS) is 13.4. The fourth-order valence-corrected chi connectivity index (χ4v) is 3.53. The monoisotopic (exact) mass is 358 g/mol. The maximum absolute atomic E-state index is 12.6. The lowest BCUT2D eigenvalue weighted by molar-refractivity contribution is -0.116. The third kappa shape index (κ3) is 4.19. The molecule has 0 fully saturated rings. The van der Waals surface area contributed by atoms with Gasteiger partial charge in [0.2, 0.25) is 17.8 Å². The highest BCUT2D eigenvalue weighted by molar-refractivity contribution is 7.99. The number of rotatable bonds is 5. The molecule has 1 aromatic heterocycles. The average molecular weight is 358 g/mol. The number of hydrogen-bond acceptors (Lipinski definition) is 7. The number of aryl methyl sites for hydroxylation is 1. The zero-order valence-corrected chi connectivity index (χ0v) is 15.3. The Morgan fingerprint density at radius 2 is 2.08 bits per heavy atom. The number of anilines is 3. The van der Waals surface area contributed by atoms with Gasteiger partial charge >= 0.3 is 0 Å². The fraction of sp³-hybridized carbons (Fsp3) is 0.412. The summed E-state index contributed by atoms with van der Waals surface area (Å²) in [5, 5.41) is 0. The molecule has 2 aromatic rings. The van der Waals surface area contributed by atoms with Crippen LogP contribution >= 0.6 is 11.8 Å². The van der Waals surface area contributed by atoms with Crippen LogP contribution in [0.1, 0.15) is 17.8 Å². The highest BCUT2D eigenvalue weighted by atomic mass is 32.2. The van der Waals surface area contributed by atoms with Gasteiger partial charge in [-0.3, -0.25) is 4.79 Å². The van der Waals surface area contributed by atoms with E-state index in [0.717, 1.165) is 25.1 Å². The van der Waals surface area contributed by atoms with Gasteiger partial charge in [-0.05, 0) is 24.5 Å². The Hall–Kier alpha value is -2.35. The molecule has 1 amide bonds. The van der Waals surface area contributed by atoms with Crippen molar-refractivity contribution in [3.8, 4) is 0 Å². The minimum atomic E-state index is 0.118. The first-order valence-electron chi connectivity index (χ1n) is 8.18. The molecule has 0 saturated carbocycles. The molecular weight excluding hydrogens is 336 g/mol. The zero-order chi connectivity index (χ0) is 17.8. The number of hydrogen-bond donors (Lipinski definition) is 1. The van der Waals surface area contributed by atoms with E-state index in [4.69, 9.17) is 5.73 Å². The molecule has 0 saturated heterocycles. The molecule has 0 bridgehead atoms. The van der Waals surface area contributed by atoms with Gasteiger partial charge in [0, 0.05) is 26.3 Å². The number of nitrogens with two attached hydrogens (primary N) is 1. The van der Waals surface area contributed by atoms with Gasteiger partial charge in [0.1, 0.15) is 5.82 Å². The largest absolute Gasteiger partial charge is 0.368 e. The summed E-state index contributed by atoms with van der Waals surface area (Å²) in [7, 11) is 3.70. The lowest BCUT2D eigenvalue weighted by atomic mass is 10.0. The second kappa shape index (κ2) is 7.69. The first-order chi connectivity index (χ1) is 12.0. The topological polar surface area (TPSA) is 88.2 Å². The zero-order valence-electron chi connectivity index (χ0n) is 14.5. The van der Waals surface area contributed by atoms with Gasteiger partial charge in [-0.2, -0.15) is 15.0 Å². The van der Waals surface area contributed by atoms with Crippen LogP contribution < -0.4 is 15.5 Å². The molecule has 0 spiro atoms. The Balaban J connectivity index is 1.61. The summed E-state index contributed by atoms with van der Waals surface area (Å²) in [4.78, 5) is 28.9. The summed E-state index contributed by atoms with van der Waals surface area (Å²) in [6.45, 7) is 0.778. The Morgan fingerprint density at radius 1 is 1.28 bits per heavy atom. The van der Waals surface area contributed by atoms with Gasteiger partial charge in [0.15, 0.2) is 0 Å². The van der Waals surface area contributed by atoms with E-state index >= 15 is 0 Å². The van der Waals surface area contributed by atoms with E-state index in [-0.39, 0.29) is 11.9 Å². The Morgan fingerprint density at radius 3 is 2.88 bits per heavy atom. The Kier molecular flexibility index (Phi) is 5.37. The highest BCUT2D eigenvalue weighted by Crippen LogP contribution is 2.27. The minimum Gasteiger partial charge on any atom is -0.368 e. The summed E-state index contributed by atoms with van der Waals surface area (Å²) >= 11 is 1.49. The second-order valence-corrected chi connectivity index (χ2v) is 7.06. The Bertz CT molecular complexity index is 767. The summed E-state index contributed by atoms with van der Waals surface area (Å²) in [5.41, 5.74) is 8.01. The number of aromatic nitrogens is 3. The quantitative estimate of drug-likeness (QED) is 0.871. The van der Waals surface area contributed by atoms with E-state index in [1.54, 1.807) is 4.90 Å². The molecule has 1 aromatic carbocycles. The van der Waals surface area contributed by atoms with Crippen LogP contribution in [0, 0.1) is 0 Å². The molecule has 0 atom stereocenters. The van der Waals surface area contributed by atoms with E-state index in [1.165, 1.54) is 17.3 Å². The van der Waals surface area contributed by atoms with Crippen LogP contribution in [-0.4, -0.2) is 47.3 Å². The average Bonchev–Trinajstić information content (AvgIpc) is 2.60. The number of carbonyl (C=O) groups excluding carboxylic acids is 1. The fourth-order valence-electron chi connectivity index (χ4n) is 2.79. The van der Waals surface area contributed by atoms with Crippen molar-refractivity contribution in [3.05, 3.63) is 35.7 Å². The maximum Gasteiger partial charge on any atom is 0.236 e. The summed E-state index contributed by atoms with van der Waals surface area (Å²) < 4.78 is 0. The molecular formula is C17H22N6OS. The number of nitrogen functional groups attached to an aromatic ring is 1. The van der Waals surface area contributed by atoms with Crippen molar-refractivity contribution in [3.63, 3.8) is 0 Å². The first kappa shape index (κ1) is 17.5. The molecule has 0 unspecified atom stereocenters. The molecule has 1 aliphatic heterocycles. The number of carbonyl (C=O) groups is 1. The van der Waals surface area contributed by atoms with Crippen LogP contribution in [0.2, 0.25) is 0 Å². The van der Waals surface area contributed by atoms with E-state index in [0.29, 0.717) is 23.3 Å². The number of fused-ring (bicyclic) bond motifs is 1. The third-order valence-corrected chi connectivity index (χ3v) is 4.87. The van der Waals surface area contributed by atoms with Gasteiger partial charge in [0.25, 0.3) is 0 Å². The van der Waals surface area contributed by atoms with Crippen LogP contribution in [0.5, 0.6) is 0 Å². The van der Waals surface area contributed by atoms with Crippen molar-refractivity contribution < 1.29 is 4.79 Å². The SMILES string of the molecule is CN(C)c1nc(N)nc(CSCC(=O)N2CCCc3ccccc32)n1. The second-order valence-electron chi connectivity index (χ2n) is 6.07. The summed E-state index contributed by atoms with van der Waals surface area (Å²) in [5.74, 6) is 2.34. The van der Waals surface area contributed by atoms with E-state index in [1.807, 2.05) is 37.2 Å². The van der Waals surface area contributed by atoms with Crippen molar-refractivity contribution in [2.45, 2.75) is 18.6 Å². The molecule has 3 rings (SSSR count). The lowest BCUT2D eigenvalue weighted by Gasteiger charge is -2.29. The minimum absolute atomic E-state index is 0.118. The molecule has 25 heavy (non-hydrogen) atoms. The van der Waals surface area contributed by atoms with Crippen LogP contribution in [0.15, 0.2) is 24.3 Å². The van der Waals surface area contributed by atoms with E-state index < -0.39 is 0 Å². The number of para-hydroxylation sites is 1. The van der Waals surface area contributed by atoms with Crippen molar-refractivity contribution in [1.29, 1.82) is 0 Å². The van der Waals surface area contributed by atoms with E-state index in [2.05, 4.69) is 21.0 Å². The first-order valence-corrected chi connectivity index (χ1v) is 9.34. The standard InChI is InChI=1S/C17H22N6OS/c1-22(2)17-20-14(19-16(18)21-17)10-25-11-15(24)23-9-5-7-12-6-3-4-8-13(12)23/h3-4,6,8H,5,7,9-11H2,1-2H3,(H2,18,19,20,21). The van der Waals surface area contributed by atoms with Gasteiger partial charge in [-0.25, -0.2) is 0 Å². The van der Waals surface area contributed by atoms with Crippen LogP contribution in [-0.2, 0) is 17.0 Å². The predicted octanol–water partition coefficient (Wildman–Crippen LogP) is 1.73. The molecule has 132 valence electrons. The van der Waals surface area contributed by atoms with Crippen LogP contribution in [0.25, 0.3) is 0 Å². The third-order valence-electron chi connectivity index (χ3n) is 3.96. The van der Waals surface area contributed by atoms with Gasteiger partial charge < -0.3 is 15.5 Å².